The van der Waals surface area contributed by atoms with Crippen molar-refractivity contribution in [2.75, 3.05) is 13.1 Å². The molecule has 32 heavy (non-hydrogen) atoms. The highest BCUT2D eigenvalue weighted by Gasteiger charge is 2.38. The Labute approximate surface area is 184 Å². The Morgan fingerprint density at radius 3 is 2.44 bits per heavy atom. The maximum absolute atomic E-state index is 12.7. The van der Waals surface area contributed by atoms with Crippen molar-refractivity contribution >= 4 is 34.4 Å². The van der Waals surface area contributed by atoms with Crippen molar-refractivity contribution in [3.63, 3.8) is 0 Å². The number of carboxylic acids is 1. The molecular formula is C20H18ClF3N4O4. The van der Waals surface area contributed by atoms with E-state index in [1.807, 2.05) is 23.1 Å². The number of carboxylic acid groups (broad SMARTS) is 1. The molecule has 1 aliphatic rings. The Hall–Kier alpha value is -3.34. The van der Waals surface area contributed by atoms with Gasteiger partial charge in [0.2, 0.25) is 5.88 Å². The smallest absolute Gasteiger partial charge is 0.475 e. The van der Waals surface area contributed by atoms with Crippen LogP contribution in [0.15, 0.2) is 42.7 Å². The van der Waals surface area contributed by atoms with E-state index < -0.39 is 12.1 Å². The van der Waals surface area contributed by atoms with E-state index >= 15 is 0 Å². The summed E-state index contributed by atoms with van der Waals surface area (Å²) in [6.45, 7) is 1.33. The van der Waals surface area contributed by atoms with Crippen LogP contribution in [-0.2, 0) is 4.79 Å². The fourth-order valence-corrected chi connectivity index (χ4v) is 3.15. The molecule has 3 heterocycles. The molecule has 0 atom stereocenters. The molecule has 3 aromatic rings. The van der Waals surface area contributed by atoms with E-state index in [1.165, 1.54) is 0 Å². The van der Waals surface area contributed by atoms with Gasteiger partial charge in [0, 0.05) is 49.1 Å². The molecule has 8 nitrogen and oxygen atoms in total. The van der Waals surface area contributed by atoms with E-state index in [2.05, 4.69) is 15.2 Å². The fraction of sp³-hybridized carbons (Fsp3) is 0.300. The van der Waals surface area contributed by atoms with E-state index in [9.17, 15) is 18.0 Å². The predicted octanol–water partition coefficient (Wildman–Crippen LogP) is 3.93. The molecule has 1 aliphatic heterocycles. The number of nitrogens with one attached hydrogen (secondary N) is 1. The van der Waals surface area contributed by atoms with Crippen molar-refractivity contribution < 1.29 is 32.6 Å². The molecule has 1 fully saturated rings. The summed E-state index contributed by atoms with van der Waals surface area (Å²) in [4.78, 5) is 27.6. The number of alkyl halides is 3. The molecule has 0 radical (unpaired) electrons. The lowest BCUT2D eigenvalue weighted by atomic mass is 10.1. The van der Waals surface area contributed by atoms with Gasteiger partial charge in [-0.3, -0.25) is 9.89 Å². The van der Waals surface area contributed by atoms with Crippen LogP contribution in [0.2, 0.25) is 5.02 Å². The highest BCUT2D eigenvalue weighted by Crippen LogP contribution is 2.21. The normalized spacial score (nSPS) is 14.6. The quantitative estimate of drug-likeness (QED) is 0.600. The van der Waals surface area contributed by atoms with Crippen LogP contribution in [-0.4, -0.2) is 62.4 Å². The average molecular weight is 471 g/mol. The number of fused-ring (bicyclic) bond motifs is 1. The minimum atomic E-state index is -5.08. The number of H-pyrrole nitrogens is 1. The molecule has 4 rings (SSSR count). The van der Waals surface area contributed by atoms with Crippen LogP contribution in [0, 0.1) is 0 Å². The molecule has 0 aliphatic carbocycles. The van der Waals surface area contributed by atoms with Crippen molar-refractivity contribution in [2.45, 2.75) is 25.1 Å². The van der Waals surface area contributed by atoms with E-state index in [-0.39, 0.29) is 12.0 Å². The number of piperidine rings is 1. The standard InChI is InChI=1S/C18H17ClN4O2.C2HF3O2/c19-14-2-4-17(20-11-14)25-15-5-7-23(8-6-15)18(24)12-1-3-16-13(9-12)10-21-22-16;3-2(4,5)1(6)7/h1-4,9-11,15H,5-8H2,(H,21,22);(H,6,7). The van der Waals surface area contributed by atoms with Gasteiger partial charge in [0.1, 0.15) is 6.10 Å². The third kappa shape index (κ3) is 6.10. The summed E-state index contributed by atoms with van der Waals surface area (Å²) in [6.07, 6.45) is -0.157. The lowest BCUT2D eigenvalue weighted by Gasteiger charge is -2.32. The van der Waals surface area contributed by atoms with E-state index in [4.69, 9.17) is 26.2 Å². The number of hydrogen-bond acceptors (Lipinski definition) is 5. The molecule has 170 valence electrons. The maximum Gasteiger partial charge on any atom is 0.490 e. The summed E-state index contributed by atoms with van der Waals surface area (Å²) in [5.74, 6) is -2.14. The highest BCUT2D eigenvalue weighted by atomic mass is 35.5. The minimum absolute atomic E-state index is 0.0474. The second-order valence-electron chi connectivity index (χ2n) is 6.90. The fourth-order valence-electron chi connectivity index (χ4n) is 3.04. The number of likely N-dealkylation sites (tertiary alicyclic amines) is 1. The zero-order chi connectivity index (χ0) is 23.3. The van der Waals surface area contributed by atoms with Gasteiger partial charge in [-0.25, -0.2) is 9.78 Å². The van der Waals surface area contributed by atoms with Crippen molar-refractivity contribution in [2.24, 2.45) is 0 Å². The summed E-state index contributed by atoms with van der Waals surface area (Å²) in [5, 5.41) is 15.5. The van der Waals surface area contributed by atoms with Gasteiger partial charge in [0.25, 0.3) is 5.91 Å². The summed E-state index contributed by atoms with van der Waals surface area (Å²) >= 11 is 5.83. The van der Waals surface area contributed by atoms with Gasteiger partial charge >= 0.3 is 12.1 Å². The molecule has 12 heteroatoms. The number of aromatic nitrogens is 3. The van der Waals surface area contributed by atoms with Gasteiger partial charge in [-0.2, -0.15) is 18.3 Å². The summed E-state index contributed by atoms with van der Waals surface area (Å²) in [6, 6.07) is 9.12. The number of benzene rings is 1. The van der Waals surface area contributed by atoms with E-state index in [0.29, 0.717) is 29.6 Å². The summed E-state index contributed by atoms with van der Waals surface area (Å²) in [7, 11) is 0. The number of hydrogen-bond donors (Lipinski definition) is 2. The van der Waals surface area contributed by atoms with Gasteiger partial charge in [-0.1, -0.05) is 11.6 Å². The van der Waals surface area contributed by atoms with Crippen molar-refractivity contribution in [3.8, 4) is 5.88 Å². The number of aromatic amines is 1. The van der Waals surface area contributed by atoms with Crippen LogP contribution >= 0.6 is 11.6 Å². The van der Waals surface area contributed by atoms with Crippen LogP contribution in [0.5, 0.6) is 5.88 Å². The summed E-state index contributed by atoms with van der Waals surface area (Å²) < 4.78 is 37.6. The van der Waals surface area contributed by atoms with Crippen molar-refractivity contribution in [3.05, 3.63) is 53.3 Å². The number of carbonyl (C=O) groups is 2. The van der Waals surface area contributed by atoms with Crippen LogP contribution in [0.1, 0.15) is 23.2 Å². The highest BCUT2D eigenvalue weighted by molar-refractivity contribution is 6.30. The largest absolute Gasteiger partial charge is 0.490 e. The molecule has 0 spiro atoms. The lowest BCUT2D eigenvalue weighted by molar-refractivity contribution is -0.192. The SMILES string of the molecule is O=C(O)C(F)(F)F.O=C(c1ccc2[nH]ncc2c1)N1CCC(Oc2ccc(Cl)cn2)CC1. The molecule has 0 saturated carbocycles. The number of amides is 1. The summed E-state index contributed by atoms with van der Waals surface area (Å²) in [5.41, 5.74) is 1.62. The van der Waals surface area contributed by atoms with Crippen molar-refractivity contribution in [1.82, 2.24) is 20.1 Å². The first-order valence-corrected chi connectivity index (χ1v) is 9.82. The van der Waals surface area contributed by atoms with Gasteiger partial charge in [0.05, 0.1) is 16.7 Å². The number of ether oxygens (including phenoxy) is 1. The van der Waals surface area contributed by atoms with Gasteiger partial charge in [0.15, 0.2) is 0 Å². The van der Waals surface area contributed by atoms with Crippen LogP contribution in [0.4, 0.5) is 13.2 Å². The lowest BCUT2D eigenvalue weighted by Crippen LogP contribution is -2.41. The Kier molecular flexibility index (Phi) is 7.18. The Morgan fingerprint density at radius 2 is 1.84 bits per heavy atom. The number of carbonyl (C=O) groups excluding carboxylic acids is 1. The average Bonchev–Trinajstić information content (AvgIpc) is 3.23. The number of rotatable bonds is 3. The maximum atomic E-state index is 12.7. The van der Waals surface area contributed by atoms with E-state index in [1.54, 1.807) is 24.5 Å². The minimum Gasteiger partial charge on any atom is -0.475 e. The first-order valence-electron chi connectivity index (χ1n) is 9.44. The monoisotopic (exact) mass is 470 g/mol. The topological polar surface area (TPSA) is 108 Å². The molecule has 2 aromatic heterocycles. The molecule has 1 saturated heterocycles. The van der Waals surface area contributed by atoms with Gasteiger partial charge < -0.3 is 14.7 Å². The Morgan fingerprint density at radius 1 is 1.16 bits per heavy atom. The van der Waals surface area contributed by atoms with Crippen LogP contribution in [0.3, 0.4) is 0 Å². The number of pyridine rings is 1. The second kappa shape index (κ2) is 9.86. The molecule has 2 N–H and O–H groups in total. The second-order valence-corrected chi connectivity index (χ2v) is 7.34. The predicted molar refractivity (Wildman–Crippen MR) is 109 cm³/mol. The molecular weight excluding hydrogens is 453 g/mol. The molecule has 0 unspecified atom stereocenters. The van der Waals surface area contributed by atoms with E-state index in [0.717, 1.165) is 23.7 Å². The third-order valence-electron chi connectivity index (χ3n) is 4.65. The first-order chi connectivity index (χ1) is 15.1. The Bertz CT molecular complexity index is 1080. The van der Waals surface area contributed by atoms with Gasteiger partial charge in [-0.05, 0) is 24.3 Å². The molecule has 1 amide bonds. The number of halogens is 4. The molecule has 0 bridgehead atoms. The Balaban J connectivity index is 0.000000360. The third-order valence-corrected chi connectivity index (χ3v) is 4.87. The van der Waals surface area contributed by atoms with Crippen LogP contribution < -0.4 is 4.74 Å². The van der Waals surface area contributed by atoms with Crippen molar-refractivity contribution in [1.29, 1.82) is 0 Å². The first kappa shape index (κ1) is 23.3. The zero-order valence-electron chi connectivity index (χ0n) is 16.5. The van der Waals surface area contributed by atoms with Crippen LogP contribution in [0.25, 0.3) is 10.9 Å². The number of aliphatic carboxylic acids is 1. The number of nitrogens with zero attached hydrogens (tertiary/aromatic N) is 3. The zero-order valence-corrected chi connectivity index (χ0v) is 17.2. The molecule has 1 aromatic carbocycles. The van der Waals surface area contributed by atoms with Gasteiger partial charge in [-0.15, -0.1) is 0 Å².